The highest BCUT2D eigenvalue weighted by Crippen LogP contribution is 2.20. The molecule has 0 aromatic heterocycles. The summed E-state index contributed by atoms with van der Waals surface area (Å²) in [5, 5.41) is 5.73. The molecule has 0 heterocycles. The summed E-state index contributed by atoms with van der Waals surface area (Å²) in [4.78, 5) is 25.3. The number of benzene rings is 3. The average molecular weight is 461 g/mol. The largest absolute Gasteiger partial charge is 0.493 e. The van der Waals surface area contributed by atoms with Crippen LogP contribution in [0.5, 0.6) is 11.5 Å². The summed E-state index contributed by atoms with van der Waals surface area (Å²) < 4.78 is 11.4. The van der Waals surface area contributed by atoms with Gasteiger partial charge in [-0.15, -0.1) is 0 Å². The Morgan fingerprint density at radius 1 is 0.647 bits per heavy atom. The lowest BCUT2D eigenvalue weighted by molar-refractivity contribution is 0.101. The van der Waals surface area contributed by atoms with Gasteiger partial charge in [0, 0.05) is 34.6 Å². The highest BCUT2D eigenvalue weighted by atomic mass is 16.5. The van der Waals surface area contributed by atoms with Crippen LogP contribution in [0.2, 0.25) is 0 Å². The Bertz CT molecular complexity index is 1020. The minimum absolute atomic E-state index is 0.261. The van der Waals surface area contributed by atoms with Crippen molar-refractivity contribution in [1.29, 1.82) is 0 Å². The van der Waals surface area contributed by atoms with Gasteiger partial charge in [-0.25, -0.2) is 0 Å². The second kappa shape index (κ2) is 11.9. The van der Waals surface area contributed by atoms with Crippen molar-refractivity contribution in [3.8, 4) is 11.5 Å². The van der Waals surface area contributed by atoms with Crippen LogP contribution in [-0.2, 0) is 0 Å². The van der Waals surface area contributed by atoms with Gasteiger partial charge in [0.15, 0.2) is 0 Å². The standard InChI is InChI=1S/C28H32N2O4/c1-19(2)17-33-25-9-5-7-23(15-25)29-27(31)21-11-13-22(14-12-21)28(32)30-24-8-6-10-26(16-24)34-18-20(3)4/h5-16,19-20H,17-18H2,1-4H3,(H,29,31)(H,30,32). The summed E-state index contributed by atoms with van der Waals surface area (Å²) in [6.45, 7) is 9.53. The number of carbonyl (C=O) groups excluding carboxylic acids is 2. The Morgan fingerprint density at radius 2 is 1.03 bits per heavy atom. The maximum Gasteiger partial charge on any atom is 0.255 e. The van der Waals surface area contributed by atoms with Gasteiger partial charge in [-0.2, -0.15) is 0 Å². The van der Waals surface area contributed by atoms with Crippen molar-refractivity contribution in [2.24, 2.45) is 11.8 Å². The van der Waals surface area contributed by atoms with Crippen LogP contribution in [0.25, 0.3) is 0 Å². The van der Waals surface area contributed by atoms with Crippen molar-refractivity contribution >= 4 is 23.2 Å². The topological polar surface area (TPSA) is 76.7 Å². The van der Waals surface area contributed by atoms with Crippen LogP contribution in [0.3, 0.4) is 0 Å². The number of ether oxygens (including phenoxy) is 2. The van der Waals surface area contributed by atoms with Crippen LogP contribution < -0.4 is 20.1 Å². The molecule has 0 radical (unpaired) electrons. The zero-order valence-electron chi connectivity index (χ0n) is 20.1. The van der Waals surface area contributed by atoms with Gasteiger partial charge in [0.2, 0.25) is 0 Å². The normalized spacial score (nSPS) is 10.8. The quantitative estimate of drug-likeness (QED) is 0.374. The van der Waals surface area contributed by atoms with Crippen LogP contribution in [0.4, 0.5) is 11.4 Å². The summed E-state index contributed by atoms with van der Waals surface area (Å²) in [5.41, 5.74) is 2.20. The zero-order valence-corrected chi connectivity index (χ0v) is 20.1. The Hall–Kier alpha value is -3.80. The Labute approximate surface area is 201 Å². The molecule has 0 fully saturated rings. The summed E-state index contributed by atoms with van der Waals surface area (Å²) >= 11 is 0. The van der Waals surface area contributed by atoms with E-state index >= 15 is 0 Å². The summed E-state index contributed by atoms with van der Waals surface area (Å²) in [6.07, 6.45) is 0. The lowest BCUT2D eigenvalue weighted by Crippen LogP contribution is -2.14. The number of nitrogens with one attached hydrogen (secondary N) is 2. The predicted octanol–water partition coefficient (Wildman–Crippen LogP) is 6.26. The lowest BCUT2D eigenvalue weighted by Gasteiger charge is -2.11. The van der Waals surface area contributed by atoms with Gasteiger partial charge in [0.25, 0.3) is 11.8 Å². The van der Waals surface area contributed by atoms with Crippen molar-refractivity contribution in [1.82, 2.24) is 0 Å². The lowest BCUT2D eigenvalue weighted by atomic mass is 10.1. The zero-order chi connectivity index (χ0) is 24.5. The van der Waals surface area contributed by atoms with Gasteiger partial charge in [-0.1, -0.05) is 39.8 Å². The number of anilines is 2. The second-order valence-electron chi connectivity index (χ2n) is 8.95. The molecule has 0 atom stereocenters. The van der Waals surface area contributed by atoms with E-state index in [1.165, 1.54) is 0 Å². The van der Waals surface area contributed by atoms with Gasteiger partial charge >= 0.3 is 0 Å². The molecule has 178 valence electrons. The third-order valence-electron chi connectivity index (χ3n) is 4.76. The first kappa shape index (κ1) is 24.8. The third kappa shape index (κ3) is 7.66. The van der Waals surface area contributed by atoms with Crippen molar-refractivity contribution in [3.05, 3.63) is 83.9 Å². The first-order valence-corrected chi connectivity index (χ1v) is 11.5. The molecule has 3 rings (SSSR count). The van der Waals surface area contributed by atoms with Gasteiger partial charge in [-0.3, -0.25) is 9.59 Å². The third-order valence-corrected chi connectivity index (χ3v) is 4.76. The van der Waals surface area contributed by atoms with Gasteiger partial charge < -0.3 is 20.1 Å². The molecule has 2 amide bonds. The molecular formula is C28H32N2O4. The highest BCUT2D eigenvalue weighted by molar-refractivity contribution is 6.07. The van der Waals surface area contributed by atoms with Crippen molar-refractivity contribution in [2.75, 3.05) is 23.8 Å². The molecule has 0 unspecified atom stereocenters. The van der Waals surface area contributed by atoms with Gasteiger partial charge in [0.1, 0.15) is 11.5 Å². The number of rotatable bonds is 10. The van der Waals surface area contributed by atoms with Crippen LogP contribution in [0.15, 0.2) is 72.8 Å². The molecular weight excluding hydrogens is 428 g/mol. The first-order valence-electron chi connectivity index (χ1n) is 11.5. The van der Waals surface area contributed by atoms with Crippen molar-refractivity contribution in [2.45, 2.75) is 27.7 Å². The Balaban J connectivity index is 1.59. The Morgan fingerprint density at radius 3 is 1.38 bits per heavy atom. The van der Waals surface area contributed by atoms with E-state index in [2.05, 4.69) is 38.3 Å². The molecule has 3 aromatic rings. The fourth-order valence-electron chi connectivity index (χ4n) is 3.03. The molecule has 0 saturated carbocycles. The maximum atomic E-state index is 12.6. The monoisotopic (exact) mass is 460 g/mol. The fourth-order valence-corrected chi connectivity index (χ4v) is 3.03. The first-order chi connectivity index (χ1) is 16.3. The summed E-state index contributed by atoms with van der Waals surface area (Å²) in [5.74, 6) is 1.72. The van der Waals surface area contributed by atoms with E-state index < -0.39 is 0 Å². The minimum atomic E-state index is -0.261. The van der Waals surface area contributed by atoms with E-state index in [4.69, 9.17) is 9.47 Å². The molecule has 2 N–H and O–H groups in total. The Kier molecular flexibility index (Phi) is 8.68. The average Bonchev–Trinajstić information content (AvgIpc) is 2.82. The van der Waals surface area contributed by atoms with Crippen LogP contribution in [-0.4, -0.2) is 25.0 Å². The van der Waals surface area contributed by atoms with E-state index in [1.54, 1.807) is 48.5 Å². The number of amides is 2. The molecule has 0 saturated heterocycles. The molecule has 0 spiro atoms. The number of hydrogen-bond acceptors (Lipinski definition) is 4. The molecule has 0 aliphatic heterocycles. The van der Waals surface area contributed by atoms with Crippen molar-refractivity contribution < 1.29 is 19.1 Å². The van der Waals surface area contributed by atoms with Crippen LogP contribution >= 0.6 is 0 Å². The summed E-state index contributed by atoms with van der Waals surface area (Å²) in [7, 11) is 0. The van der Waals surface area contributed by atoms with Crippen molar-refractivity contribution in [3.63, 3.8) is 0 Å². The molecule has 0 aliphatic rings. The van der Waals surface area contributed by atoms with E-state index in [0.29, 0.717) is 59.1 Å². The van der Waals surface area contributed by atoms with Gasteiger partial charge in [0.05, 0.1) is 13.2 Å². The van der Waals surface area contributed by atoms with Crippen LogP contribution in [0, 0.1) is 11.8 Å². The van der Waals surface area contributed by atoms with E-state index in [0.717, 1.165) is 0 Å². The molecule has 34 heavy (non-hydrogen) atoms. The molecule has 3 aromatic carbocycles. The second-order valence-corrected chi connectivity index (χ2v) is 8.95. The number of hydrogen-bond donors (Lipinski definition) is 2. The molecule has 6 heteroatoms. The van der Waals surface area contributed by atoms with E-state index in [9.17, 15) is 9.59 Å². The van der Waals surface area contributed by atoms with E-state index in [-0.39, 0.29) is 11.8 Å². The fraction of sp³-hybridized carbons (Fsp3) is 0.286. The SMILES string of the molecule is CC(C)COc1cccc(NC(=O)c2ccc(C(=O)Nc3cccc(OCC(C)C)c3)cc2)c1. The predicted molar refractivity (Wildman–Crippen MR) is 136 cm³/mol. The van der Waals surface area contributed by atoms with E-state index in [1.807, 2.05) is 24.3 Å². The highest BCUT2D eigenvalue weighted by Gasteiger charge is 2.11. The molecule has 0 aliphatic carbocycles. The smallest absolute Gasteiger partial charge is 0.255 e. The van der Waals surface area contributed by atoms with Gasteiger partial charge in [-0.05, 0) is 60.4 Å². The summed E-state index contributed by atoms with van der Waals surface area (Å²) in [6, 6.07) is 21.1. The minimum Gasteiger partial charge on any atom is -0.493 e. The maximum absolute atomic E-state index is 12.6. The molecule has 0 bridgehead atoms. The molecule has 6 nitrogen and oxygen atoms in total. The number of carbonyl (C=O) groups is 2. The van der Waals surface area contributed by atoms with Crippen LogP contribution in [0.1, 0.15) is 48.4 Å².